The van der Waals surface area contributed by atoms with Gasteiger partial charge in [-0.15, -0.1) is 0 Å². The molecule has 0 spiro atoms. The van der Waals surface area contributed by atoms with Crippen LogP contribution in [0.5, 0.6) is 0 Å². The zero-order valence-electron chi connectivity index (χ0n) is 15.7. The van der Waals surface area contributed by atoms with Gasteiger partial charge >= 0.3 is 0 Å². The van der Waals surface area contributed by atoms with Crippen molar-refractivity contribution in [1.29, 1.82) is 0 Å². The highest BCUT2D eigenvalue weighted by molar-refractivity contribution is 9.14. The molecule has 0 radical (unpaired) electrons. The number of hydrogen-bond acceptors (Lipinski definition) is 4. The molecule has 0 aliphatic heterocycles. The monoisotopic (exact) mass is 386 g/mol. The van der Waals surface area contributed by atoms with Gasteiger partial charge in [-0.3, -0.25) is 0 Å². The lowest BCUT2D eigenvalue weighted by Gasteiger charge is -2.25. The molecule has 6 heteroatoms. The minimum absolute atomic E-state index is 0.423. The van der Waals surface area contributed by atoms with Crippen molar-refractivity contribution in [1.82, 2.24) is 0 Å². The Bertz CT molecular complexity index is 341. The Morgan fingerprint density at radius 1 is 0.545 bits per heavy atom. The molecule has 0 unspecified atom stereocenters. The van der Waals surface area contributed by atoms with E-state index in [1.807, 2.05) is 0 Å². The van der Waals surface area contributed by atoms with Crippen molar-refractivity contribution in [2.45, 2.75) is 55.4 Å². The third-order valence-corrected chi connectivity index (χ3v) is 19.5. The van der Waals surface area contributed by atoms with Gasteiger partial charge in [-0.05, 0) is 44.5 Å². The van der Waals surface area contributed by atoms with Crippen LogP contribution in [0.15, 0.2) is 0 Å². The summed E-state index contributed by atoms with van der Waals surface area (Å²) in [4.78, 5) is 0. The van der Waals surface area contributed by atoms with Gasteiger partial charge < -0.3 is 9.13 Å². The van der Waals surface area contributed by atoms with Crippen LogP contribution in [0.3, 0.4) is 0 Å². The van der Waals surface area contributed by atoms with Crippen molar-refractivity contribution in [3.8, 4) is 0 Å². The predicted molar refractivity (Wildman–Crippen MR) is 109 cm³/mol. The summed E-state index contributed by atoms with van der Waals surface area (Å²) in [5.74, 6) is 1.69. The van der Waals surface area contributed by atoms with E-state index in [9.17, 15) is 9.13 Å². The highest BCUT2D eigenvalue weighted by Crippen LogP contribution is 2.76. The molecule has 0 aromatic carbocycles. The van der Waals surface area contributed by atoms with Crippen molar-refractivity contribution in [2.24, 2.45) is 23.7 Å². The van der Waals surface area contributed by atoms with E-state index >= 15 is 0 Å². The van der Waals surface area contributed by atoms with Crippen LogP contribution in [-0.4, -0.2) is 24.6 Å². The lowest BCUT2D eigenvalue weighted by Crippen LogP contribution is -2.05. The van der Waals surface area contributed by atoms with E-state index in [4.69, 9.17) is 0 Å². The fraction of sp³-hybridized carbons (Fsp3) is 1.00. The molecule has 2 nitrogen and oxygen atoms in total. The van der Waals surface area contributed by atoms with E-state index < -0.39 is 12.7 Å². The normalized spacial score (nSPS) is 13.8. The van der Waals surface area contributed by atoms with Gasteiger partial charge in [0.05, 0.1) is 0 Å². The third kappa shape index (κ3) is 10.8. The van der Waals surface area contributed by atoms with Crippen molar-refractivity contribution >= 4 is 33.5 Å². The Balaban J connectivity index is 5.02. The largest absolute Gasteiger partial charge is 0.311 e. The molecule has 22 heavy (non-hydrogen) atoms. The highest BCUT2D eigenvalue weighted by atomic mass is 33.5. The fourth-order valence-corrected chi connectivity index (χ4v) is 23.8. The van der Waals surface area contributed by atoms with Crippen molar-refractivity contribution in [3.05, 3.63) is 0 Å². The molecular weight excluding hydrogens is 350 g/mol. The summed E-state index contributed by atoms with van der Waals surface area (Å²) in [6.07, 6.45) is -1.59. The van der Waals surface area contributed by atoms with Crippen LogP contribution in [0.4, 0.5) is 0 Å². The molecule has 0 atom stereocenters. The molecule has 0 aliphatic rings. The minimum Gasteiger partial charge on any atom is -0.311 e. The summed E-state index contributed by atoms with van der Waals surface area (Å²) < 4.78 is 26.5. The van der Waals surface area contributed by atoms with Crippen LogP contribution >= 0.6 is 33.5 Å². The number of rotatable bonds is 11. The first-order valence-electron chi connectivity index (χ1n) is 8.41. The average molecular weight is 387 g/mol. The van der Waals surface area contributed by atoms with Crippen LogP contribution in [0.25, 0.3) is 0 Å². The first-order chi connectivity index (χ1) is 9.87. The predicted octanol–water partition coefficient (Wildman–Crippen LogP) is 7.55. The topological polar surface area (TPSA) is 34.1 Å². The Kier molecular flexibility index (Phi) is 10.8. The molecule has 0 rings (SSSR count). The highest BCUT2D eigenvalue weighted by Gasteiger charge is 2.33. The van der Waals surface area contributed by atoms with E-state index in [0.717, 1.165) is 24.6 Å². The molecule has 134 valence electrons. The van der Waals surface area contributed by atoms with E-state index in [0.29, 0.717) is 23.7 Å². The van der Waals surface area contributed by atoms with Gasteiger partial charge in [0.1, 0.15) is 12.7 Å². The molecule has 0 N–H and O–H groups in total. The zero-order chi connectivity index (χ0) is 17.6. The molecule has 0 fully saturated rings. The molecule has 0 aromatic heterocycles. The van der Waals surface area contributed by atoms with Gasteiger partial charge in [0, 0.05) is 24.6 Å². The number of hydrogen-bond donors (Lipinski definition) is 0. The quantitative estimate of drug-likeness (QED) is 0.271. The van der Waals surface area contributed by atoms with Gasteiger partial charge in [0.15, 0.2) is 0 Å². The maximum Gasteiger partial charge on any atom is 0.150 e. The van der Waals surface area contributed by atoms with Gasteiger partial charge in [0.25, 0.3) is 0 Å². The van der Waals surface area contributed by atoms with E-state index in [1.165, 1.54) is 20.8 Å². The van der Waals surface area contributed by atoms with Crippen molar-refractivity contribution < 1.29 is 9.13 Å². The van der Waals surface area contributed by atoms with Crippen LogP contribution in [0.2, 0.25) is 0 Å². The summed E-state index contributed by atoms with van der Waals surface area (Å²) in [6, 6.07) is 0. The summed E-state index contributed by atoms with van der Waals surface area (Å²) in [7, 11) is 2.96. The Labute approximate surface area is 146 Å². The maximum atomic E-state index is 13.3. The molecule has 0 amide bonds. The molecule has 0 aliphatic carbocycles. The summed E-state index contributed by atoms with van der Waals surface area (Å²) in [5, 5.41) is 0. The first-order valence-corrected chi connectivity index (χ1v) is 15.9. The molecule has 0 bridgehead atoms. The second-order valence-corrected chi connectivity index (χ2v) is 20.7. The van der Waals surface area contributed by atoms with Crippen molar-refractivity contribution in [3.63, 3.8) is 0 Å². The summed E-state index contributed by atoms with van der Waals surface area (Å²) in [6.45, 7) is 17.0. The van der Waals surface area contributed by atoms with E-state index in [-0.39, 0.29) is 0 Å². The SMILES string of the molecule is CC(C)CP(=O)(CC(C)C)SSP(=O)(CC(C)C)CC(C)C. The van der Waals surface area contributed by atoms with Gasteiger partial charge in [-0.2, -0.15) is 0 Å². The van der Waals surface area contributed by atoms with Gasteiger partial charge in [-0.25, -0.2) is 0 Å². The van der Waals surface area contributed by atoms with E-state index in [1.54, 1.807) is 0 Å². The first kappa shape index (κ1) is 23.2. The molecule has 0 aromatic rings. The Morgan fingerprint density at radius 3 is 0.864 bits per heavy atom. The molecule has 0 saturated carbocycles. The second kappa shape index (κ2) is 10.2. The molecule has 0 heterocycles. The summed E-state index contributed by atoms with van der Waals surface area (Å²) >= 11 is 0. The maximum absolute atomic E-state index is 13.3. The van der Waals surface area contributed by atoms with Crippen LogP contribution in [0, 0.1) is 23.7 Å². The third-order valence-electron chi connectivity index (χ3n) is 2.88. The van der Waals surface area contributed by atoms with Crippen molar-refractivity contribution in [2.75, 3.05) is 24.6 Å². The Morgan fingerprint density at radius 2 is 0.727 bits per heavy atom. The standard InChI is InChI=1S/C16H36O2P2S2/c1-13(2)9-19(17,10-14(3)4)21-22-20(18,11-15(5)6)12-16(7)8/h13-16H,9-12H2,1-8H3. The lowest BCUT2D eigenvalue weighted by molar-refractivity contribution is 0.566. The van der Waals surface area contributed by atoms with Crippen LogP contribution in [0.1, 0.15) is 55.4 Å². The van der Waals surface area contributed by atoms with Crippen LogP contribution in [-0.2, 0) is 9.13 Å². The molecular formula is C16H36O2P2S2. The zero-order valence-corrected chi connectivity index (χ0v) is 19.1. The minimum atomic E-state index is -2.31. The summed E-state index contributed by atoms with van der Waals surface area (Å²) in [5.41, 5.74) is 0. The molecule has 0 saturated heterocycles. The van der Waals surface area contributed by atoms with Gasteiger partial charge in [-0.1, -0.05) is 55.4 Å². The lowest BCUT2D eigenvalue weighted by atomic mass is 10.3. The van der Waals surface area contributed by atoms with E-state index in [2.05, 4.69) is 55.4 Å². The van der Waals surface area contributed by atoms with Gasteiger partial charge in [0.2, 0.25) is 0 Å². The smallest absolute Gasteiger partial charge is 0.150 e. The Hall–Kier alpha value is 1.16. The fourth-order valence-electron chi connectivity index (χ4n) is 2.62. The second-order valence-electron chi connectivity index (χ2n) is 8.08. The average Bonchev–Trinajstić information content (AvgIpc) is 2.21. The van der Waals surface area contributed by atoms with Crippen LogP contribution < -0.4 is 0 Å².